The highest BCUT2D eigenvalue weighted by Crippen LogP contribution is 2.27. The number of aryl methyl sites for hydroxylation is 1. The minimum Gasteiger partial charge on any atom is -0.385 e. The van der Waals surface area contributed by atoms with Crippen LogP contribution in [0.5, 0.6) is 0 Å². The number of rotatable bonds is 4. The van der Waals surface area contributed by atoms with Crippen molar-refractivity contribution in [1.29, 1.82) is 0 Å². The number of halogens is 2. The third kappa shape index (κ3) is 3.38. The van der Waals surface area contributed by atoms with Gasteiger partial charge in [-0.1, -0.05) is 48.9 Å². The van der Waals surface area contributed by atoms with Gasteiger partial charge in [0.2, 0.25) is 0 Å². The standard InChI is InChI=1S/C17H18ClFO/c1-3-12-4-7-14(8-5-12)17(2,20)11-13-6-9-15(18)10-16(13)19/h4-10,20H,3,11H2,1-2H3. The molecular weight excluding hydrogens is 275 g/mol. The largest absolute Gasteiger partial charge is 0.385 e. The molecule has 1 N–H and O–H groups in total. The summed E-state index contributed by atoms with van der Waals surface area (Å²) in [6.45, 7) is 3.78. The van der Waals surface area contributed by atoms with E-state index >= 15 is 0 Å². The molecule has 0 aliphatic rings. The molecule has 3 heteroatoms. The van der Waals surface area contributed by atoms with E-state index in [2.05, 4.69) is 6.92 Å². The third-order valence-corrected chi connectivity index (χ3v) is 3.77. The summed E-state index contributed by atoms with van der Waals surface area (Å²) >= 11 is 5.74. The Labute approximate surface area is 124 Å². The van der Waals surface area contributed by atoms with Crippen molar-refractivity contribution in [2.75, 3.05) is 0 Å². The van der Waals surface area contributed by atoms with Crippen LogP contribution in [0.1, 0.15) is 30.5 Å². The van der Waals surface area contributed by atoms with Gasteiger partial charge in [-0.2, -0.15) is 0 Å². The molecule has 0 bridgehead atoms. The monoisotopic (exact) mass is 292 g/mol. The Kier molecular flexibility index (Phi) is 4.46. The van der Waals surface area contributed by atoms with E-state index in [1.807, 2.05) is 24.3 Å². The van der Waals surface area contributed by atoms with E-state index in [1.165, 1.54) is 11.6 Å². The molecule has 0 aromatic heterocycles. The molecule has 0 fully saturated rings. The average molecular weight is 293 g/mol. The molecule has 1 atom stereocenters. The first-order valence-electron chi connectivity index (χ1n) is 6.68. The Hall–Kier alpha value is -1.38. The minimum atomic E-state index is -1.11. The van der Waals surface area contributed by atoms with Crippen molar-refractivity contribution in [2.24, 2.45) is 0 Å². The molecule has 20 heavy (non-hydrogen) atoms. The molecule has 106 valence electrons. The molecule has 1 nitrogen and oxygen atoms in total. The fraction of sp³-hybridized carbons (Fsp3) is 0.294. The molecule has 2 rings (SSSR count). The number of benzene rings is 2. The first kappa shape index (κ1) is 15.0. The maximum atomic E-state index is 13.8. The molecule has 0 saturated heterocycles. The summed E-state index contributed by atoms with van der Waals surface area (Å²) in [7, 11) is 0. The van der Waals surface area contributed by atoms with Crippen LogP contribution in [-0.2, 0) is 18.4 Å². The molecule has 0 aliphatic heterocycles. The molecule has 0 amide bonds. The van der Waals surface area contributed by atoms with Crippen LogP contribution in [0, 0.1) is 5.82 Å². The van der Waals surface area contributed by atoms with Crippen molar-refractivity contribution in [3.8, 4) is 0 Å². The molecule has 0 saturated carbocycles. The molecule has 2 aromatic rings. The summed E-state index contributed by atoms with van der Waals surface area (Å²) < 4.78 is 13.8. The lowest BCUT2D eigenvalue weighted by Crippen LogP contribution is -2.24. The van der Waals surface area contributed by atoms with E-state index in [4.69, 9.17) is 11.6 Å². The van der Waals surface area contributed by atoms with Crippen LogP contribution in [0.3, 0.4) is 0 Å². The van der Waals surface area contributed by atoms with Crippen molar-refractivity contribution in [3.63, 3.8) is 0 Å². The lowest BCUT2D eigenvalue weighted by atomic mass is 9.88. The Bertz CT molecular complexity index is 590. The number of hydrogen-bond donors (Lipinski definition) is 1. The van der Waals surface area contributed by atoms with Crippen LogP contribution in [0.15, 0.2) is 42.5 Å². The molecule has 1 unspecified atom stereocenters. The molecule has 0 heterocycles. The predicted molar refractivity (Wildman–Crippen MR) is 80.5 cm³/mol. The number of aliphatic hydroxyl groups is 1. The average Bonchev–Trinajstić information content (AvgIpc) is 2.42. The second-order valence-corrected chi connectivity index (χ2v) is 5.67. The van der Waals surface area contributed by atoms with Crippen molar-refractivity contribution < 1.29 is 9.50 Å². The van der Waals surface area contributed by atoms with E-state index in [-0.39, 0.29) is 12.2 Å². The van der Waals surface area contributed by atoms with Crippen molar-refractivity contribution in [2.45, 2.75) is 32.3 Å². The first-order chi connectivity index (χ1) is 9.42. The molecule has 0 spiro atoms. The molecule has 0 radical (unpaired) electrons. The lowest BCUT2D eigenvalue weighted by molar-refractivity contribution is 0.0567. The van der Waals surface area contributed by atoms with Gasteiger partial charge in [0.1, 0.15) is 5.82 Å². The van der Waals surface area contributed by atoms with Gasteiger partial charge in [-0.05, 0) is 42.2 Å². The normalized spacial score (nSPS) is 14.1. The second-order valence-electron chi connectivity index (χ2n) is 5.24. The highest BCUT2D eigenvalue weighted by molar-refractivity contribution is 6.30. The van der Waals surface area contributed by atoms with E-state index in [0.29, 0.717) is 10.6 Å². The Morgan fingerprint density at radius 3 is 2.35 bits per heavy atom. The Balaban J connectivity index is 2.25. The highest BCUT2D eigenvalue weighted by atomic mass is 35.5. The van der Waals surface area contributed by atoms with Gasteiger partial charge < -0.3 is 5.11 Å². The Morgan fingerprint density at radius 1 is 1.15 bits per heavy atom. The van der Waals surface area contributed by atoms with Gasteiger partial charge in [0.25, 0.3) is 0 Å². The first-order valence-corrected chi connectivity index (χ1v) is 7.06. The van der Waals surface area contributed by atoms with Crippen molar-refractivity contribution >= 4 is 11.6 Å². The van der Waals surface area contributed by atoms with Gasteiger partial charge in [0, 0.05) is 11.4 Å². The van der Waals surface area contributed by atoms with E-state index in [1.54, 1.807) is 19.1 Å². The van der Waals surface area contributed by atoms with E-state index in [9.17, 15) is 9.50 Å². The van der Waals surface area contributed by atoms with Gasteiger partial charge in [-0.15, -0.1) is 0 Å². The summed E-state index contributed by atoms with van der Waals surface area (Å²) in [5.41, 5.74) is 1.34. The summed E-state index contributed by atoms with van der Waals surface area (Å²) in [6, 6.07) is 12.3. The number of hydrogen-bond acceptors (Lipinski definition) is 1. The second kappa shape index (κ2) is 5.94. The SMILES string of the molecule is CCc1ccc(C(C)(O)Cc2ccc(Cl)cc2F)cc1. The van der Waals surface area contributed by atoms with E-state index < -0.39 is 5.60 Å². The van der Waals surface area contributed by atoms with Gasteiger partial charge in [-0.3, -0.25) is 0 Å². The van der Waals surface area contributed by atoms with Crippen LogP contribution in [0.25, 0.3) is 0 Å². The van der Waals surface area contributed by atoms with Crippen LogP contribution < -0.4 is 0 Å². The topological polar surface area (TPSA) is 20.2 Å². The smallest absolute Gasteiger partial charge is 0.127 e. The fourth-order valence-corrected chi connectivity index (χ4v) is 2.40. The van der Waals surface area contributed by atoms with Crippen molar-refractivity contribution in [3.05, 3.63) is 70.0 Å². The summed E-state index contributed by atoms with van der Waals surface area (Å²) in [6.07, 6.45) is 1.16. The van der Waals surface area contributed by atoms with Gasteiger partial charge in [0.05, 0.1) is 5.60 Å². The van der Waals surface area contributed by atoms with Gasteiger partial charge in [0.15, 0.2) is 0 Å². The van der Waals surface area contributed by atoms with Crippen molar-refractivity contribution in [1.82, 2.24) is 0 Å². The highest BCUT2D eigenvalue weighted by Gasteiger charge is 2.24. The third-order valence-electron chi connectivity index (χ3n) is 3.53. The molecule has 2 aromatic carbocycles. The van der Waals surface area contributed by atoms with Gasteiger partial charge in [-0.25, -0.2) is 4.39 Å². The maximum absolute atomic E-state index is 13.8. The lowest BCUT2D eigenvalue weighted by Gasteiger charge is -2.24. The summed E-state index contributed by atoms with van der Waals surface area (Å²) in [4.78, 5) is 0. The van der Waals surface area contributed by atoms with Gasteiger partial charge >= 0.3 is 0 Å². The fourth-order valence-electron chi connectivity index (χ4n) is 2.24. The Morgan fingerprint density at radius 2 is 1.80 bits per heavy atom. The zero-order valence-corrected chi connectivity index (χ0v) is 12.4. The minimum absolute atomic E-state index is 0.210. The quantitative estimate of drug-likeness (QED) is 0.880. The predicted octanol–water partition coefficient (Wildman–Crippen LogP) is 4.49. The zero-order valence-electron chi connectivity index (χ0n) is 11.7. The van der Waals surface area contributed by atoms with Crippen LogP contribution >= 0.6 is 11.6 Å². The van der Waals surface area contributed by atoms with Crippen LogP contribution in [0.2, 0.25) is 5.02 Å². The maximum Gasteiger partial charge on any atom is 0.127 e. The zero-order chi connectivity index (χ0) is 14.8. The summed E-state index contributed by atoms with van der Waals surface area (Å²) in [5.74, 6) is -0.386. The summed E-state index contributed by atoms with van der Waals surface area (Å²) in [5, 5.41) is 11.0. The molecular formula is C17H18ClFO. The molecule has 0 aliphatic carbocycles. The van der Waals surface area contributed by atoms with E-state index in [0.717, 1.165) is 12.0 Å². The van der Waals surface area contributed by atoms with Crippen LogP contribution in [-0.4, -0.2) is 5.11 Å². The van der Waals surface area contributed by atoms with Crippen LogP contribution in [0.4, 0.5) is 4.39 Å².